The molecule has 0 spiro atoms. The minimum atomic E-state index is -0.314. The first-order valence-electron chi connectivity index (χ1n) is 10.5. The van der Waals surface area contributed by atoms with Gasteiger partial charge in [-0.3, -0.25) is 4.79 Å². The number of aliphatic imine (C=N–C) groups is 1. The third-order valence-electron chi connectivity index (χ3n) is 5.15. The molecule has 5 nitrogen and oxygen atoms in total. The summed E-state index contributed by atoms with van der Waals surface area (Å²) in [7, 11) is 1.51. The summed E-state index contributed by atoms with van der Waals surface area (Å²) >= 11 is 11.3. The molecule has 3 aromatic rings. The zero-order valence-corrected chi connectivity index (χ0v) is 22.3. The van der Waals surface area contributed by atoms with E-state index in [1.807, 2.05) is 26.0 Å². The molecule has 9 heteroatoms. The Balaban J connectivity index is 1.54. The maximum Gasteiger partial charge on any atom is 0.264 e. The Morgan fingerprint density at radius 3 is 2.49 bits per heavy atom. The molecular weight excluding hydrogens is 555 g/mol. The van der Waals surface area contributed by atoms with E-state index in [0.717, 1.165) is 26.9 Å². The van der Waals surface area contributed by atoms with Crippen molar-refractivity contribution in [3.8, 4) is 11.5 Å². The van der Waals surface area contributed by atoms with Crippen molar-refractivity contribution in [1.29, 1.82) is 0 Å². The molecule has 3 aromatic carbocycles. The molecule has 1 heterocycles. The van der Waals surface area contributed by atoms with Gasteiger partial charge in [-0.25, -0.2) is 9.38 Å². The van der Waals surface area contributed by atoms with E-state index in [9.17, 15) is 9.18 Å². The molecule has 1 N–H and O–H groups in total. The molecule has 0 bridgehead atoms. The van der Waals surface area contributed by atoms with Crippen LogP contribution in [0, 0.1) is 19.7 Å². The van der Waals surface area contributed by atoms with Crippen LogP contribution >= 0.6 is 39.3 Å². The van der Waals surface area contributed by atoms with Crippen LogP contribution in [0.3, 0.4) is 0 Å². The van der Waals surface area contributed by atoms with Crippen molar-refractivity contribution in [2.45, 2.75) is 20.5 Å². The van der Waals surface area contributed by atoms with Gasteiger partial charge in [0.15, 0.2) is 16.7 Å². The summed E-state index contributed by atoms with van der Waals surface area (Å²) in [5.74, 6) is 0.230. The highest BCUT2D eigenvalue weighted by molar-refractivity contribution is 9.10. The SMILES string of the molecule is COc1cc(/C=C2\SC(=Nc3cc(C)c(Br)c(C)c3)NC2=O)cc(Cl)c1OCc1ccc(F)cc1. The Hall–Kier alpha value is -2.81. The van der Waals surface area contributed by atoms with Crippen molar-refractivity contribution in [1.82, 2.24) is 5.32 Å². The second-order valence-corrected chi connectivity index (χ2v) is 10.1. The Morgan fingerprint density at radius 1 is 1.14 bits per heavy atom. The van der Waals surface area contributed by atoms with Crippen molar-refractivity contribution < 1.29 is 18.7 Å². The monoisotopic (exact) mass is 574 g/mol. The second kappa shape index (κ2) is 10.8. The molecule has 35 heavy (non-hydrogen) atoms. The van der Waals surface area contributed by atoms with E-state index in [4.69, 9.17) is 21.1 Å². The fourth-order valence-corrected chi connectivity index (χ4v) is 4.78. The van der Waals surface area contributed by atoms with E-state index >= 15 is 0 Å². The lowest BCUT2D eigenvalue weighted by atomic mass is 10.1. The summed E-state index contributed by atoms with van der Waals surface area (Å²) in [5, 5.41) is 3.63. The van der Waals surface area contributed by atoms with E-state index in [2.05, 4.69) is 26.2 Å². The molecular formula is C26H21BrClFN2O3S. The molecule has 0 aromatic heterocycles. The number of halogens is 3. The third-order valence-corrected chi connectivity index (χ3v) is 7.59. The van der Waals surface area contributed by atoms with Crippen LogP contribution in [0.2, 0.25) is 5.02 Å². The summed E-state index contributed by atoms with van der Waals surface area (Å²) in [6.07, 6.45) is 1.72. The van der Waals surface area contributed by atoms with Gasteiger partial charge in [0.1, 0.15) is 12.4 Å². The van der Waals surface area contributed by atoms with Crippen LogP contribution in [0.1, 0.15) is 22.3 Å². The molecule has 180 valence electrons. The standard InChI is InChI=1S/C26H21BrClFN2O3S/c1-14-8-19(9-15(2)23(14)27)30-26-31-25(32)22(35-26)12-17-10-20(28)24(21(11-17)33-3)34-13-16-4-6-18(29)7-5-16/h4-12H,13H2,1-3H3,(H,30,31,32)/b22-12-. The van der Waals surface area contributed by atoms with Crippen LogP contribution < -0.4 is 14.8 Å². The van der Waals surface area contributed by atoms with Crippen molar-refractivity contribution in [2.24, 2.45) is 4.99 Å². The quantitative estimate of drug-likeness (QED) is 0.313. The summed E-state index contributed by atoms with van der Waals surface area (Å²) in [6, 6.07) is 13.4. The maximum atomic E-state index is 13.1. The normalized spacial score (nSPS) is 15.5. The van der Waals surface area contributed by atoms with Gasteiger partial charge < -0.3 is 14.8 Å². The Labute approximate surface area is 220 Å². The van der Waals surface area contributed by atoms with Crippen LogP contribution in [0.25, 0.3) is 6.08 Å². The zero-order valence-electron chi connectivity index (χ0n) is 19.1. The first kappa shape index (κ1) is 25.3. The topological polar surface area (TPSA) is 59.9 Å². The number of hydrogen-bond donors (Lipinski definition) is 1. The Bertz CT molecular complexity index is 1340. The molecule has 1 amide bonds. The lowest BCUT2D eigenvalue weighted by Crippen LogP contribution is -2.19. The van der Waals surface area contributed by atoms with Gasteiger partial charge in [0, 0.05) is 4.47 Å². The van der Waals surface area contributed by atoms with Gasteiger partial charge in [0.05, 0.1) is 22.7 Å². The lowest BCUT2D eigenvalue weighted by molar-refractivity contribution is -0.115. The van der Waals surface area contributed by atoms with Crippen molar-refractivity contribution in [2.75, 3.05) is 7.11 Å². The van der Waals surface area contributed by atoms with E-state index < -0.39 is 0 Å². The van der Waals surface area contributed by atoms with Gasteiger partial charge in [-0.2, -0.15) is 0 Å². The minimum Gasteiger partial charge on any atom is -0.493 e. The van der Waals surface area contributed by atoms with Gasteiger partial charge in [-0.15, -0.1) is 0 Å². The largest absolute Gasteiger partial charge is 0.493 e. The van der Waals surface area contributed by atoms with E-state index in [0.29, 0.717) is 32.2 Å². The number of nitrogens with zero attached hydrogens (tertiary/aromatic N) is 1. The second-order valence-electron chi connectivity index (χ2n) is 7.82. The fourth-order valence-electron chi connectivity index (χ4n) is 3.44. The number of ether oxygens (including phenoxy) is 2. The Morgan fingerprint density at radius 2 is 1.83 bits per heavy atom. The smallest absolute Gasteiger partial charge is 0.264 e. The molecule has 0 radical (unpaired) electrons. The number of thioether (sulfide) groups is 1. The van der Waals surface area contributed by atoms with Crippen LogP contribution in [-0.4, -0.2) is 18.2 Å². The highest BCUT2D eigenvalue weighted by atomic mass is 79.9. The molecule has 0 unspecified atom stereocenters. The van der Waals surface area contributed by atoms with Gasteiger partial charge in [0.25, 0.3) is 5.91 Å². The number of benzene rings is 3. The fraction of sp³-hybridized carbons (Fsp3) is 0.154. The number of nitrogens with one attached hydrogen (secondary N) is 1. The van der Waals surface area contributed by atoms with Crippen molar-refractivity contribution in [3.63, 3.8) is 0 Å². The number of amidine groups is 1. The lowest BCUT2D eigenvalue weighted by Gasteiger charge is -2.13. The van der Waals surface area contributed by atoms with Crippen LogP contribution in [0.15, 0.2) is 62.9 Å². The predicted molar refractivity (Wildman–Crippen MR) is 143 cm³/mol. The van der Waals surface area contributed by atoms with Gasteiger partial charge in [0.2, 0.25) is 0 Å². The van der Waals surface area contributed by atoms with Crippen molar-refractivity contribution >= 4 is 62.1 Å². The van der Waals surface area contributed by atoms with Crippen LogP contribution in [-0.2, 0) is 11.4 Å². The highest BCUT2D eigenvalue weighted by Gasteiger charge is 2.24. The average Bonchev–Trinajstić information content (AvgIpc) is 3.15. The zero-order chi connectivity index (χ0) is 25.1. The molecule has 1 aliphatic heterocycles. The molecule has 0 aliphatic carbocycles. The predicted octanol–water partition coefficient (Wildman–Crippen LogP) is 7.34. The molecule has 1 aliphatic rings. The van der Waals surface area contributed by atoms with E-state index in [-0.39, 0.29) is 18.3 Å². The molecule has 4 rings (SSSR count). The number of carbonyl (C=O) groups is 1. The molecule has 0 atom stereocenters. The molecule has 1 fully saturated rings. The minimum absolute atomic E-state index is 0.198. The van der Waals surface area contributed by atoms with Crippen molar-refractivity contribution in [3.05, 3.63) is 91.0 Å². The number of amides is 1. The van der Waals surface area contributed by atoms with Gasteiger partial charge in [-0.05, 0) is 90.3 Å². The average molecular weight is 576 g/mol. The highest BCUT2D eigenvalue weighted by Crippen LogP contribution is 2.39. The molecule has 1 saturated heterocycles. The summed E-state index contributed by atoms with van der Waals surface area (Å²) in [5.41, 5.74) is 4.36. The first-order chi connectivity index (χ1) is 16.7. The van der Waals surface area contributed by atoms with Crippen LogP contribution in [0.5, 0.6) is 11.5 Å². The number of hydrogen-bond acceptors (Lipinski definition) is 5. The number of methoxy groups -OCH3 is 1. The summed E-state index contributed by atoms with van der Waals surface area (Å²) < 4.78 is 25.5. The number of rotatable bonds is 6. The van der Waals surface area contributed by atoms with E-state index in [1.165, 1.54) is 31.0 Å². The summed E-state index contributed by atoms with van der Waals surface area (Å²) in [6.45, 7) is 4.19. The third kappa shape index (κ3) is 6.07. The van der Waals surface area contributed by atoms with Gasteiger partial charge in [-0.1, -0.05) is 39.7 Å². The maximum absolute atomic E-state index is 13.1. The molecule has 0 saturated carbocycles. The van der Waals surface area contributed by atoms with Gasteiger partial charge >= 0.3 is 0 Å². The summed E-state index contributed by atoms with van der Waals surface area (Å²) in [4.78, 5) is 17.6. The number of aryl methyl sites for hydroxylation is 2. The van der Waals surface area contributed by atoms with E-state index in [1.54, 1.807) is 30.3 Å². The number of carbonyl (C=O) groups excluding carboxylic acids is 1. The Kier molecular flexibility index (Phi) is 7.84. The van der Waals surface area contributed by atoms with Crippen LogP contribution in [0.4, 0.5) is 10.1 Å². The first-order valence-corrected chi connectivity index (χ1v) is 12.5.